The molecule has 3 heterocycles. The van der Waals surface area contributed by atoms with Crippen LogP contribution in [0.5, 0.6) is 0 Å². The summed E-state index contributed by atoms with van der Waals surface area (Å²) in [6, 6.07) is 8.78. The number of carbonyl (C=O) groups is 1. The second kappa shape index (κ2) is 7.17. The van der Waals surface area contributed by atoms with E-state index in [0.29, 0.717) is 33.3 Å². The van der Waals surface area contributed by atoms with Gasteiger partial charge in [0, 0.05) is 17.0 Å². The van der Waals surface area contributed by atoms with Crippen LogP contribution in [0.2, 0.25) is 5.02 Å². The fraction of sp³-hybridized carbons (Fsp3) is 0.211. The highest BCUT2D eigenvalue weighted by Gasteiger charge is 2.17. The van der Waals surface area contributed by atoms with Gasteiger partial charge in [-0.1, -0.05) is 31.5 Å². The molecule has 0 atom stereocenters. The molecule has 0 saturated heterocycles. The van der Waals surface area contributed by atoms with Gasteiger partial charge in [0.25, 0.3) is 5.56 Å². The fourth-order valence-electron chi connectivity index (χ4n) is 2.82. The van der Waals surface area contributed by atoms with Crippen LogP contribution in [-0.2, 0) is 4.79 Å². The van der Waals surface area contributed by atoms with E-state index < -0.39 is 0 Å². The zero-order valence-corrected chi connectivity index (χ0v) is 16.7. The number of amides is 1. The molecular weight excluding hydrogens is 394 g/mol. The van der Waals surface area contributed by atoms with Crippen molar-refractivity contribution in [3.63, 3.8) is 0 Å². The second-order valence-electron chi connectivity index (χ2n) is 6.89. The van der Waals surface area contributed by atoms with E-state index in [1.807, 2.05) is 6.07 Å². The van der Waals surface area contributed by atoms with Gasteiger partial charge in [-0.25, -0.2) is 4.68 Å². The first kappa shape index (κ1) is 18.9. The Kier molecular flexibility index (Phi) is 4.67. The molecule has 3 aromatic heterocycles. The molecule has 0 radical (unpaired) electrons. The van der Waals surface area contributed by atoms with E-state index in [0.717, 1.165) is 0 Å². The second-order valence-corrected chi connectivity index (χ2v) is 7.33. The van der Waals surface area contributed by atoms with Crippen molar-refractivity contribution < 1.29 is 4.79 Å². The maximum absolute atomic E-state index is 12.6. The molecule has 0 saturated carbocycles. The summed E-state index contributed by atoms with van der Waals surface area (Å²) >= 11 is 6.09. The van der Waals surface area contributed by atoms with Crippen molar-refractivity contribution in [2.75, 3.05) is 5.32 Å². The predicted molar refractivity (Wildman–Crippen MR) is 110 cm³/mol. The molecule has 1 amide bonds. The van der Waals surface area contributed by atoms with Gasteiger partial charge < -0.3 is 5.32 Å². The van der Waals surface area contributed by atoms with Crippen LogP contribution in [0.4, 0.5) is 5.82 Å². The lowest BCUT2D eigenvalue weighted by Gasteiger charge is -2.10. The van der Waals surface area contributed by atoms with Crippen LogP contribution in [0.15, 0.2) is 41.3 Å². The van der Waals surface area contributed by atoms with Gasteiger partial charge in [0.1, 0.15) is 11.2 Å². The monoisotopic (exact) mass is 411 g/mol. The number of aryl methyl sites for hydroxylation is 1. The van der Waals surface area contributed by atoms with E-state index >= 15 is 0 Å². The number of carbonyl (C=O) groups excluding carboxylic acids is 1. The Labute approximate surface area is 170 Å². The molecule has 0 aliphatic carbocycles. The molecular formula is C19H18ClN7O2. The van der Waals surface area contributed by atoms with Gasteiger partial charge in [0.05, 0.1) is 17.6 Å². The van der Waals surface area contributed by atoms with Crippen LogP contribution in [0.3, 0.4) is 0 Å². The summed E-state index contributed by atoms with van der Waals surface area (Å²) < 4.78 is 2.93. The van der Waals surface area contributed by atoms with Crippen molar-refractivity contribution >= 4 is 34.4 Å². The molecule has 0 aliphatic heterocycles. The Morgan fingerprint density at radius 1 is 1.24 bits per heavy atom. The number of H-pyrrole nitrogens is 1. The normalized spacial score (nSPS) is 11.3. The summed E-state index contributed by atoms with van der Waals surface area (Å²) in [5, 5.41) is 12.3. The molecule has 1 aromatic carbocycles. The zero-order valence-electron chi connectivity index (χ0n) is 16.0. The van der Waals surface area contributed by atoms with Gasteiger partial charge in [-0.05, 0) is 25.1 Å². The number of nitrogens with zero attached hydrogens (tertiary/aromatic N) is 5. The highest BCUT2D eigenvalue weighted by atomic mass is 35.5. The molecule has 0 bridgehead atoms. The Hall–Kier alpha value is -3.46. The van der Waals surface area contributed by atoms with Gasteiger partial charge in [-0.15, -0.1) is 0 Å². The van der Waals surface area contributed by atoms with Gasteiger partial charge in [0.15, 0.2) is 5.65 Å². The van der Waals surface area contributed by atoms with Gasteiger partial charge in [-0.3, -0.25) is 14.6 Å². The number of benzene rings is 1. The minimum atomic E-state index is -0.368. The van der Waals surface area contributed by atoms with Crippen molar-refractivity contribution in [2.24, 2.45) is 5.92 Å². The molecule has 4 rings (SSSR count). The third-order valence-electron chi connectivity index (χ3n) is 4.29. The minimum Gasteiger partial charge on any atom is -0.310 e. The number of halogens is 1. The summed E-state index contributed by atoms with van der Waals surface area (Å²) in [6.45, 7) is 5.37. The molecule has 0 spiro atoms. The van der Waals surface area contributed by atoms with Crippen molar-refractivity contribution in [3.05, 3.63) is 57.6 Å². The van der Waals surface area contributed by atoms with E-state index in [2.05, 4.69) is 25.5 Å². The van der Waals surface area contributed by atoms with Crippen LogP contribution >= 0.6 is 11.6 Å². The maximum atomic E-state index is 12.6. The lowest BCUT2D eigenvalue weighted by Crippen LogP contribution is -2.21. The summed E-state index contributed by atoms with van der Waals surface area (Å²) in [4.78, 5) is 32.0. The van der Waals surface area contributed by atoms with Gasteiger partial charge in [-0.2, -0.15) is 19.9 Å². The van der Waals surface area contributed by atoms with Crippen molar-refractivity contribution in [1.29, 1.82) is 0 Å². The van der Waals surface area contributed by atoms with Crippen molar-refractivity contribution in [3.8, 4) is 11.6 Å². The Balaban J connectivity index is 1.87. The average molecular weight is 412 g/mol. The quantitative estimate of drug-likeness (QED) is 0.536. The van der Waals surface area contributed by atoms with Crippen LogP contribution < -0.4 is 10.9 Å². The largest absolute Gasteiger partial charge is 0.310 e. The number of nitrogens with one attached hydrogen (secondary N) is 2. The highest BCUT2D eigenvalue weighted by Crippen LogP contribution is 2.20. The van der Waals surface area contributed by atoms with Gasteiger partial charge >= 0.3 is 0 Å². The summed E-state index contributed by atoms with van der Waals surface area (Å²) in [7, 11) is 0. The standard InChI is InChI=1S/C19H18ClN7O2/c1-10(2)17(28)22-15-7-11(3)25-27(15)19-23-16-14(18(29)24-19)9-21-26(16)13-6-4-5-12(20)8-13/h4-10H,1-3H3,(H,22,28)(H,23,24,29). The van der Waals surface area contributed by atoms with Crippen LogP contribution in [0.1, 0.15) is 19.5 Å². The Morgan fingerprint density at radius 3 is 2.76 bits per heavy atom. The average Bonchev–Trinajstić information content (AvgIpc) is 3.25. The van der Waals surface area contributed by atoms with Crippen LogP contribution in [0.25, 0.3) is 22.7 Å². The summed E-state index contributed by atoms with van der Waals surface area (Å²) in [5.74, 6) is 0.201. The SMILES string of the molecule is Cc1cc(NC(=O)C(C)C)n(-c2nc3c(cnn3-c3cccc(Cl)c3)c(=O)[nH]2)n1. The molecule has 29 heavy (non-hydrogen) atoms. The predicted octanol–water partition coefficient (Wildman–Crippen LogP) is 2.85. The first-order chi connectivity index (χ1) is 13.8. The number of aromatic amines is 1. The Bertz CT molecular complexity index is 1290. The number of rotatable bonds is 4. The van der Waals surface area contributed by atoms with E-state index in [9.17, 15) is 9.59 Å². The molecule has 0 aliphatic rings. The van der Waals surface area contributed by atoms with E-state index in [1.165, 1.54) is 15.6 Å². The topological polar surface area (TPSA) is 110 Å². The number of anilines is 1. The molecule has 9 nitrogen and oxygen atoms in total. The maximum Gasteiger partial charge on any atom is 0.263 e. The van der Waals surface area contributed by atoms with Gasteiger partial charge in [0.2, 0.25) is 11.9 Å². The zero-order chi connectivity index (χ0) is 20.7. The van der Waals surface area contributed by atoms with Crippen molar-refractivity contribution in [2.45, 2.75) is 20.8 Å². The third kappa shape index (κ3) is 3.52. The summed E-state index contributed by atoms with van der Waals surface area (Å²) in [6.07, 6.45) is 1.45. The molecule has 0 fully saturated rings. The van der Waals surface area contributed by atoms with E-state index in [-0.39, 0.29) is 23.3 Å². The fourth-order valence-corrected chi connectivity index (χ4v) is 3.01. The Morgan fingerprint density at radius 2 is 2.03 bits per heavy atom. The van der Waals surface area contributed by atoms with Crippen LogP contribution in [-0.4, -0.2) is 35.4 Å². The molecule has 0 unspecified atom stereocenters. The smallest absolute Gasteiger partial charge is 0.263 e. The number of fused-ring (bicyclic) bond motifs is 1. The first-order valence-electron chi connectivity index (χ1n) is 8.95. The number of hydrogen-bond acceptors (Lipinski definition) is 5. The molecule has 4 aromatic rings. The lowest BCUT2D eigenvalue weighted by atomic mass is 10.2. The summed E-state index contributed by atoms with van der Waals surface area (Å²) in [5.41, 5.74) is 1.31. The minimum absolute atomic E-state index is 0.165. The number of aromatic nitrogens is 6. The van der Waals surface area contributed by atoms with Crippen molar-refractivity contribution in [1.82, 2.24) is 29.5 Å². The molecule has 10 heteroatoms. The van der Waals surface area contributed by atoms with E-state index in [1.54, 1.807) is 45.0 Å². The third-order valence-corrected chi connectivity index (χ3v) is 4.52. The number of hydrogen-bond donors (Lipinski definition) is 2. The van der Waals surface area contributed by atoms with E-state index in [4.69, 9.17) is 11.6 Å². The van der Waals surface area contributed by atoms with Crippen LogP contribution in [0, 0.1) is 12.8 Å². The molecule has 2 N–H and O–H groups in total. The first-order valence-corrected chi connectivity index (χ1v) is 9.33. The molecule has 148 valence electrons. The lowest BCUT2D eigenvalue weighted by molar-refractivity contribution is -0.118. The highest BCUT2D eigenvalue weighted by molar-refractivity contribution is 6.30.